The Kier molecular flexibility index (Phi) is 5.67. The van der Waals surface area contributed by atoms with E-state index in [1.165, 1.54) is 27.7 Å². The molecule has 0 spiro atoms. The van der Waals surface area contributed by atoms with Gasteiger partial charge < -0.3 is 20.5 Å². The largest absolute Gasteiger partial charge is 0.472 e. The molecule has 0 radical (unpaired) electrons. The van der Waals surface area contributed by atoms with Crippen molar-refractivity contribution in [2.45, 2.75) is 63.9 Å². The molecule has 108 valence electrons. The number of halogens is 3. The average molecular weight is 271 g/mol. The van der Waals surface area contributed by atoms with Gasteiger partial charge in [-0.15, -0.1) is 0 Å². The number of rotatable bonds is 6. The van der Waals surface area contributed by atoms with E-state index in [0.29, 0.717) is 0 Å². The third-order valence-corrected chi connectivity index (χ3v) is 3.02. The molecule has 0 saturated carbocycles. The molecule has 0 fully saturated rings. The predicted octanol–water partition coefficient (Wildman–Crippen LogP) is 1.24. The van der Waals surface area contributed by atoms with Crippen LogP contribution in [0.3, 0.4) is 0 Å². The number of alkyl halides is 3. The van der Waals surface area contributed by atoms with E-state index in [0.717, 1.165) is 0 Å². The SMILES string of the molecule is CC(C)(O)C(C)(C)OB(O)C(N)CCC(F)(F)F. The molecule has 4 nitrogen and oxygen atoms in total. The molecule has 0 aromatic heterocycles. The summed E-state index contributed by atoms with van der Waals surface area (Å²) >= 11 is 0. The first kappa shape index (κ1) is 17.7. The highest BCUT2D eigenvalue weighted by Gasteiger charge is 2.41. The van der Waals surface area contributed by atoms with Crippen LogP contribution in [0.1, 0.15) is 40.5 Å². The molecule has 0 saturated heterocycles. The van der Waals surface area contributed by atoms with Crippen LogP contribution in [0.2, 0.25) is 0 Å². The number of hydrogen-bond donors (Lipinski definition) is 3. The van der Waals surface area contributed by atoms with Gasteiger partial charge in [0.25, 0.3) is 0 Å². The summed E-state index contributed by atoms with van der Waals surface area (Å²) in [5, 5.41) is 19.4. The molecule has 0 aliphatic carbocycles. The maximum absolute atomic E-state index is 12.0. The minimum absolute atomic E-state index is 0.438. The highest BCUT2D eigenvalue weighted by Crippen LogP contribution is 2.27. The summed E-state index contributed by atoms with van der Waals surface area (Å²) < 4.78 is 41.1. The third-order valence-electron chi connectivity index (χ3n) is 3.02. The molecular weight excluding hydrogens is 250 g/mol. The zero-order chi connectivity index (χ0) is 14.8. The number of aliphatic hydroxyl groups is 1. The van der Waals surface area contributed by atoms with E-state index in [-0.39, 0.29) is 0 Å². The van der Waals surface area contributed by atoms with Gasteiger partial charge in [0.2, 0.25) is 0 Å². The fourth-order valence-corrected chi connectivity index (χ4v) is 1.01. The maximum Gasteiger partial charge on any atom is 0.472 e. The Morgan fingerprint density at radius 2 is 1.67 bits per heavy atom. The van der Waals surface area contributed by atoms with Crippen LogP contribution in [0.15, 0.2) is 0 Å². The third kappa shape index (κ3) is 6.04. The molecule has 1 atom stereocenters. The van der Waals surface area contributed by atoms with E-state index in [9.17, 15) is 23.3 Å². The molecule has 0 aliphatic rings. The second kappa shape index (κ2) is 5.77. The highest BCUT2D eigenvalue weighted by atomic mass is 19.4. The van der Waals surface area contributed by atoms with Crippen LogP contribution in [0.25, 0.3) is 0 Å². The Hall–Kier alpha value is -0.305. The summed E-state index contributed by atoms with van der Waals surface area (Å²) in [5.41, 5.74) is 3.02. The molecule has 0 bridgehead atoms. The smallest absolute Gasteiger partial charge is 0.426 e. The lowest BCUT2D eigenvalue weighted by Gasteiger charge is -2.39. The van der Waals surface area contributed by atoms with Crippen LogP contribution in [0.4, 0.5) is 13.2 Å². The van der Waals surface area contributed by atoms with Gasteiger partial charge in [-0.1, -0.05) is 0 Å². The van der Waals surface area contributed by atoms with E-state index in [2.05, 4.69) is 0 Å². The summed E-state index contributed by atoms with van der Waals surface area (Å²) in [4.78, 5) is 0. The van der Waals surface area contributed by atoms with Gasteiger partial charge in [-0.05, 0) is 34.1 Å². The van der Waals surface area contributed by atoms with Crippen LogP contribution in [0.5, 0.6) is 0 Å². The van der Waals surface area contributed by atoms with Crippen LogP contribution < -0.4 is 5.73 Å². The van der Waals surface area contributed by atoms with Gasteiger partial charge in [0.05, 0.1) is 11.2 Å². The molecule has 4 N–H and O–H groups in total. The molecular formula is C10H21BF3NO3. The van der Waals surface area contributed by atoms with Crippen molar-refractivity contribution < 1.29 is 28.0 Å². The summed E-state index contributed by atoms with van der Waals surface area (Å²) in [6.45, 7) is 5.99. The summed E-state index contributed by atoms with van der Waals surface area (Å²) in [7, 11) is -1.56. The molecule has 0 amide bonds. The van der Waals surface area contributed by atoms with Gasteiger partial charge in [-0.3, -0.25) is 0 Å². The Balaban J connectivity index is 4.37. The zero-order valence-corrected chi connectivity index (χ0v) is 11.1. The molecule has 18 heavy (non-hydrogen) atoms. The lowest BCUT2D eigenvalue weighted by atomic mass is 9.74. The van der Waals surface area contributed by atoms with E-state index >= 15 is 0 Å². The van der Waals surface area contributed by atoms with Crippen molar-refractivity contribution in [3.63, 3.8) is 0 Å². The Bertz CT molecular complexity index is 266. The van der Waals surface area contributed by atoms with Crippen molar-refractivity contribution in [2.24, 2.45) is 5.73 Å². The lowest BCUT2D eigenvalue weighted by molar-refractivity contribution is -0.136. The normalized spacial score (nSPS) is 15.7. The Labute approximate surface area is 105 Å². The Morgan fingerprint density at radius 3 is 2.00 bits per heavy atom. The van der Waals surface area contributed by atoms with Crippen LogP contribution in [0, 0.1) is 0 Å². The van der Waals surface area contributed by atoms with Crippen molar-refractivity contribution >= 4 is 7.12 Å². The molecule has 8 heteroatoms. The molecule has 0 aromatic carbocycles. The monoisotopic (exact) mass is 271 g/mol. The lowest BCUT2D eigenvalue weighted by Crippen LogP contribution is -2.54. The zero-order valence-electron chi connectivity index (χ0n) is 11.1. The standard InChI is InChI=1S/C10H21BF3NO3/c1-8(2,16)9(3,4)18-11(17)7(15)5-6-10(12,13)14/h7,16-17H,5-6,15H2,1-4H3. The van der Waals surface area contributed by atoms with Gasteiger partial charge in [-0.2, -0.15) is 13.2 Å². The van der Waals surface area contributed by atoms with Crippen molar-refractivity contribution in [1.29, 1.82) is 0 Å². The average Bonchev–Trinajstić information content (AvgIpc) is 2.10. The van der Waals surface area contributed by atoms with Crippen molar-refractivity contribution in [2.75, 3.05) is 0 Å². The maximum atomic E-state index is 12.0. The van der Waals surface area contributed by atoms with Gasteiger partial charge >= 0.3 is 13.3 Å². The summed E-state index contributed by atoms with van der Waals surface area (Å²) in [6.07, 6.45) is -5.84. The molecule has 0 aromatic rings. The van der Waals surface area contributed by atoms with E-state index < -0.39 is 43.3 Å². The van der Waals surface area contributed by atoms with Gasteiger partial charge in [0, 0.05) is 12.4 Å². The summed E-state index contributed by atoms with van der Waals surface area (Å²) in [6, 6.07) is 0. The number of hydrogen-bond acceptors (Lipinski definition) is 4. The first-order valence-electron chi connectivity index (χ1n) is 5.67. The fourth-order valence-electron chi connectivity index (χ4n) is 1.01. The fraction of sp³-hybridized carbons (Fsp3) is 1.00. The topological polar surface area (TPSA) is 75.7 Å². The first-order valence-corrected chi connectivity index (χ1v) is 5.67. The molecule has 0 heterocycles. The second-order valence-electron chi connectivity index (χ2n) is 5.40. The summed E-state index contributed by atoms with van der Waals surface area (Å²) in [5.74, 6) is -1.16. The van der Waals surface area contributed by atoms with E-state index in [4.69, 9.17) is 10.4 Å². The predicted molar refractivity (Wildman–Crippen MR) is 62.7 cm³/mol. The van der Waals surface area contributed by atoms with Crippen LogP contribution >= 0.6 is 0 Å². The van der Waals surface area contributed by atoms with Crippen molar-refractivity contribution in [3.8, 4) is 0 Å². The van der Waals surface area contributed by atoms with Crippen LogP contribution in [-0.2, 0) is 4.65 Å². The molecule has 0 rings (SSSR count). The van der Waals surface area contributed by atoms with Crippen molar-refractivity contribution in [3.05, 3.63) is 0 Å². The van der Waals surface area contributed by atoms with Gasteiger partial charge in [0.15, 0.2) is 0 Å². The highest BCUT2D eigenvalue weighted by molar-refractivity contribution is 6.45. The van der Waals surface area contributed by atoms with Crippen molar-refractivity contribution in [1.82, 2.24) is 0 Å². The molecule has 1 unspecified atom stereocenters. The second-order valence-corrected chi connectivity index (χ2v) is 5.40. The van der Waals surface area contributed by atoms with E-state index in [1.54, 1.807) is 0 Å². The van der Waals surface area contributed by atoms with Crippen LogP contribution in [-0.4, -0.2) is 40.6 Å². The number of nitrogens with two attached hydrogens (primary N) is 1. The quantitative estimate of drug-likeness (QED) is 0.635. The Morgan fingerprint density at radius 1 is 1.22 bits per heavy atom. The minimum Gasteiger partial charge on any atom is -0.426 e. The minimum atomic E-state index is -4.32. The van der Waals surface area contributed by atoms with Gasteiger partial charge in [-0.25, -0.2) is 0 Å². The van der Waals surface area contributed by atoms with E-state index in [1.807, 2.05) is 0 Å². The first-order chi connectivity index (χ1) is 7.76. The van der Waals surface area contributed by atoms with Gasteiger partial charge in [0.1, 0.15) is 0 Å². The molecule has 0 aliphatic heterocycles.